The molecule has 1 aliphatic heterocycles. The van der Waals surface area contributed by atoms with Gasteiger partial charge in [0.15, 0.2) is 0 Å². The molecule has 0 amide bonds. The molecule has 0 radical (unpaired) electrons. The van der Waals surface area contributed by atoms with Gasteiger partial charge in [-0.15, -0.1) is 0 Å². The fourth-order valence-electron chi connectivity index (χ4n) is 2.41. The van der Waals surface area contributed by atoms with E-state index in [1.165, 1.54) is 6.42 Å². The van der Waals surface area contributed by atoms with Crippen LogP contribution >= 0.6 is 27.5 Å². The number of imidazole rings is 1. The molecule has 1 aromatic heterocycles. The fourth-order valence-corrected chi connectivity index (χ4v) is 3.31. The molecule has 0 spiro atoms. The van der Waals surface area contributed by atoms with Crippen LogP contribution in [0, 0.1) is 5.92 Å². The molecule has 2 unspecified atom stereocenters. The fraction of sp³-hybridized carbons (Fsp3) is 0.417. The Morgan fingerprint density at radius 3 is 3.00 bits per heavy atom. The quantitative estimate of drug-likeness (QED) is 0.843. The predicted molar refractivity (Wildman–Crippen MR) is 73.3 cm³/mol. The molecule has 5 heteroatoms. The number of hydrogen-bond donors (Lipinski definition) is 2. The molecular formula is C12H13BrClN3. The summed E-state index contributed by atoms with van der Waals surface area (Å²) in [5.41, 5.74) is 1.94. The van der Waals surface area contributed by atoms with E-state index < -0.39 is 0 Å². The molecule has 2 aromatic rings. The van der Waals surface area contributed by atoms with Gasteiger partial charge < -0.3 is 10.3 Å². The largest absolute Gasteiger partial charge is 0.341 e. The number of nitrogens with zero attached hydrogens (tertiary/aromatic N) is 1. The van der Waals surface area contributed by atoms with Gasteiger partial charge in [0, 0.05) is 9.50 Å². The van der Waals surface area contributed by atoms with E-state index in [2.05, 4.69) is 38.1 Å². The Morgan fingerprint density at radius 1 is 1.47 bits per heavy atom. The average Bonchev–Trinajstić information content (AvgIpc) is 2.83. The van der Waals surface area contributed by atoms with Crippen molar-refractivity contribution in [1.82, 2.24) is 15.3 Å². The van der Waals surface area contributed by atoms with Crippen molar-refractivity contribution in [2.24, 2.45) is 5.92 Å². The third-order valence-electron chi connectivity index (χ3n) is 3.35. The van der Waals surface area contributed by atoms with Crippen molar-refractivity contribution in [1.29, 1.82) is 0 Å². The van der Waals surface area contributed by atoms with E-state index in [4.69, 9.17) is 11.6 Å². The van der Waals surface area contributed by atoms with Gasteiger partial charge in [0.05, 0.1) is 11.6 Å². The Labute approximate surface area is 113 Å². The van der Waals surface area contributed by atoms with E-state index >= 15 is 0 Å². The number of halogens is 2. The lowest BCUT2D eigenvalue weighted by atomic mass is 10.0. The second-order valence-corrected chi connectivity index (χ2v) is 5.89. The Kier molecular flexibility index (Phi) is 2.89. The number of benzene rings is 1. The van der Waals surface area contributed by atoms with E-state index in [0.717, 1.165) is 27.9 Å². The van der Waals surface area contributed by atoms with Gasteiger partial charge in [-0.1, -0.05) is 18.5 Å². The SMILES string of the molecule is CC1CCNC1c1nc2c(Br)cc(Cl)cc2[nH]1. The number of rotatable bonds is 1. The molecule has 1 aliphatic rings. The highest BCUT2D eigenvalue weighted by molar-refractivity contribution is 9.10. The second-order valence-electron chi connectivity index (χ2n) is 4.60. The van der Waals surface area contributed by atoms with Crippen molar-refractivity contribution >= 4 is 38.6 Å². The van der Waals surface area contributed by atoms with Crippen molar-refractivity contribution in [2.45, 2.75) is 19.4 Å². The standard InChI is InChI=1S/C12H13BrClN3/c1-6-2-3-15-10(6)12-16-9-5-7(14)4-8(13)11(9)17-12/h4-6,10,15H,2-3H2,1H3,(H,16,17). The van der Waals surface area contributed by atoms with Crippen LogP contribution in [0.2, 0.25) is 5.02 Å². The number of nitrogens with one attached hydrogen (secondary N) is 2. The summed E-state index contributed by atoms with van der Waals surface area (Å²) in [6.45, 7) is 3.31. The maximum Gasteiger partial charge on any atom is 0.124 e. The van der Waals surface area contributed by atoms with Gasteiger partial charge in [0.1, 0.15) is 11.3 Å². The first kappa shape index (κ1) is 11.5. The topological polar surface area (TPSA) is 40.7 Å². The van der Waals surface area contributed by atoms with Crippen LogP contribution in [-0.2, 0) is 0 Å². The Bertz CT molecular complexity index is 566. The molecule has 1 fully saturated rings. The van der Waals surface area contributed by atoms with E-state index in [1.807, 2.05) is 12.1 Å². The second kappa shape index (κ2) is 4.26. The first-order chi connectivity index (χ1) is 8.15. The van der Waals surface area contributed by atoms with Crippen molar-refractivity contribution in [2.75, 3.05) is 6.54 Å². The highest BCUT2D eigenvalue weighted by Crippen LogP contribution is 2.32. The van der Waals surface area contributed by atoms with Crippen molar-refractivity contribution in [3.63, 3.8) is 0 Å². The zero-order valence-electron chi connectivity index (χ0n) is 9.43. The van der Waals surface area contributed by atoms with Crippen LogP contribution in [-0.4, -0.2) is 16.5 Å². The van der Waals surface area contributed by atoms with Crippen LogP contribution in [0.4, 0.5) is 0 Å². The molecule has 3 rings (SSSR count). The summed E-state index contributed by atoms with van der Waals surface area (Å²) in [5, 5.41) is 4.19. The number of H-pyrrole nitrogens is 1. The Hall–Kier alpha value is -0.580. The zero-order chi connectivity index (χ0) is 12.0. The first-order valence-electron chi connectivity index (χ1n) is 5.73. The minimum atomic E-state index is 0.327. The van der Waals surface area contributed by atoms with E-state index in [9.17, 15) is 0 Å². The highest BCUT2D eigenvalue weighted by atomic mass is 79.9. The smallest absolute Gasteiger partial charge is 0.124 e. The number of aromatic amines is 1. The average molecular weight is 315 g/mol. The molecule has 2 heterocycles. The van der Waals surface area contributed by atoms with Crippen LogP contribution in [0.3, 0.4) is 0 Å². The molecule has 2 N–H and O–H groups in total. The van der Waals surface area contributed by atoms with Crippen molar-refractivity contribution in [3.05, 3.63) is 27.5 Å². The lowest BCUT2D eigenvalue weighted by Gasteiger charge is -2.11. The number of aromatic nitrogens is 2. The van der Waals surface area contributed by atoms with Crippen LogP contribution in [0.15, 0.2) is 16.6 Å². The summed E-state index contributed by atoms with van der Waals surface area (Å²) in [6.07, 6.45) is 1.20. The van der Waals surface area contributed by atoms with Crippen molar-refractivity contribution < 1.29 is 0 Å². The number of fused-ring (bicyclic) bond motifs is 1. The van der Waals surface area contributed by atoms with Crippen LogP contribution < -0.4 is 5.32 Å². The minimum Gasteiger partial charge on any atom is -0.341 e. The molecule has 1 saturated heterocycles. The summed E-state index contributed by atoms with van der Waals surface area (Å²) in [7, 11) is 0. The maximum atomic E-state index is 6.03. The minimum absolute atomic E-state index is 0.327. The summed E-state index contributed by atoms with van der Waals surface area (Å²) < 4.78 is 0.938. The maximum absolute atomic E-state index is 6.03. The first-order valence-corrected chi connectivity index (χ1v) is 6.90. The highest BCUT2D eigenvalue weighted by Gasteiger charge is 2.27. The molecule has 0 bridgehead atoms. The molecule has 1 aromatic carbocycles. The lowest BCUT2D eigenvalue weighted by molar-refractivity contribution is 0.484. The normalized spacial score (nSPS) is 24.6. The molecule has 3 nitrogen and oxygen atoms in total. The molecular weight excluding hydrogens is 302 g/mol. The van der Waals surface area contributed by atoms with E-state index in [0.29, 0.717) is 17.0 Å². The predicted octanol–water partition coefficient (Wildman–Crippen LogP) is 3.65. The molecule has 17 heavy (non-hydrogen) atoms. The summed E-state index contributed by atoms with van der Waals surface area (Å²) in [6, 6.07) is 4.12. The van der Waals surface area contributed by atoms with Gasteiger partial charge in [-0.05, 0) is 46.9 Å². The summed E-state index contributed by atoms with van der Waals surface area (Å²) in [4.78, 5) is 8.02. The van der Waals surface area contributed by atoms with E-state index in [1.54, 1.807) is 0 Å². The van der Waals surface area contributed by atoms with Gasteiger partial charge in [-0.2, -0.15) is 0 Å². The van der Waals surface area contributed by atoms with Crippen LogP contribution in [0.1, 0.15) is 25.2 Å². The van der Waals surface area contributed by atoms with Crippen LogP contribution in [0.25, 0.3) is 11.0 Å². The molecule has 0 aliphatic carbocycles. The third-order valence-corrected chi connectivity index (χ3v) is 4.17. The van der Waals surface area contributed by atoms with Gasteiger partial charge in [0.2, 0.25) is 0 Å². The van der Waals surface area contributed by atoms with E-state index in [-0.39, 0.29) is 0 Å². The van der Waals surface area contributed by atoms with Gasteiger partial charge in [-0.3, -0.25) is 0 Å². The summed E-state index contributed by atoms with van der Waals surface area (Å²) >= 11 is 9.53. The monoisotopic (exact) mass is 313 g/mol. The Balaban J connectivity index is 2.10. The van der Waals surface area contributed by atoms with Crippen molar-refractivity contribution in [3.8, 4) is 0 Å². The number of hydrogen-bond acceptors (Lipinski definition) is 2. The Morgan fingerprint density at radius 2 is 2.29 bits per heavy atom. The molecule has 0 saturated carbocycles. The van der Waals surface area contributed by atoms with Crippen LogP contribution in [0.5, 0.6) is 0 Å². The molecule has 2 atom stereocenters. The summed E-state index contributed by atoms with van der Waals surface area (Å²) in [5.74, 6) is 1.62. The molecule has 90 valence electrons. The van der Waals surface area contributed by atoms with Gasteiger partial charge >= 0.3 is 0 Å². The zero-order valence-corrected chi connectivity index (χ0v) is 11.8. The van der Waals surface area contributed by atoms with Gasteiger partial charge in [-0.25, -0.2) is 4.98 Å². The third kappa shape index (κ3) is 1.98. The van der Waals surface area contributed by atoms with Gasteiger partial charge in [0.25, 0.3) is 0 Å². The lowest BCUT2D eigenvalue weighted by Crippen LogP contribution is -2.17.